The molecule has 0 atom stereocenters. The summed E-state index contributed by atoms with van der Waals surface area (Å²) in [7, 11) is 0. The molecule has 0 aliphatic carbocycles. The molecule has 2 amide bonds. The van der Waals surface area contributed by atoms with Crippen LogP contribution in [0.1, 0.15) is 12.5 Å². The van der Waals surface area contributed by atoms with Crippen LogP contribution in [0, 0.1) is 11.3 Å². The van der Waals surface area contributed by atoms with E-state index < -0.39 is 5.91 Å². The number of rotatable bonds is 9. The Labute approximate surface area is 221 Å². The predicted octanol–water partition coefficient (Wildman–Crippen LogP) is 5.77. The van der Waals surface area contributed by atoms with Gasteiger partial charge in [-0.2, -0.15) is 5.26 Å². The van der Waals surface area contributed by atoms with Crippen LogP contribution in [0.5, 0.6) is 17.2 Å². The average molecular weight is 571 g/mol. The number of phenols is 1. The number of carbonyl (C=O) groups is 2. The molecule has 3 aromatic rings. The third-order valence-corrected chi connectivity index (χ3v) is 5.45. The molecular weight excluding hydrogens is 550 g/mol. The fraction of sp³-hybridized carbons (Fsp3) is 0.115. The highest BCUT2D eigenvalue weighted by Gasteiger charge is 2.16. The van der Waals surface area contributed by atoms with Crippen LogP contribution in [0.25, 0.3) is 6.08 Å². The average Bonchev–Trinajstić information content (AvgIpc) is 2.85. The third kappa shape index (κ3) is 7.50. The van der Waals surface area contributed by atoms with Crippen LogP contribution in [0.15, 0.2) is 70.7 Å². The molecule has 3 rings (SSSR count). The number of nitriles is 1. The van der Waals surface area contributed by atoms with Gasteiger partial charge in [0.1, 0.15) is 17.4 Å². The van der Waals surface area contributed by atoms with Gasteiger partial charge in [-0.3, -0.25) is 9.59 Å². The summed E-state index contributed by atoms with van der Waals surface area (Å²) in [6, 6.07) is 17.7. The Kier molecular flexibility index (Phi) is 9.33. The van der Waals surface area contributed by atoms with Crippen molar-refractivity contribution in [2.24, 2.45) is 0 Å². The Morgan fingerprint density at radius 1 is 1.06 bits per heavy atom. The minimum Gasteiger partial charge on any atom is -0.508 e. The molecule has 10 heteroatoms. The summed E-state index contributed by atoms with van der Waals surface area (Å²) in [6.45, 7) is 1.83. The van der Waals surface area contributed by atoms with E-state index in [1.165, 1.54) is 30.3 Å². The van der Waals surface area contributed by atoms with Crippen molar-refractivity contribution in [1.29, 1.82) is 5.26 Å². The molecule has 0 heterocycles. The van der Waals surface area contributed by atoms with Crippen molar-refractivity contribution in [3.8, 4) is 23.3 Å². The first-order chi connectivity index (χ1) is 17.3. The summed E-state index contributed by atoms with van der Waals surface area (Å²) in [6.07, 6.45) is 1.40. The lowest BCUT2D eigenvalue weighted by Gasteiger charge is -2.15. The van der Waals surface area contributed by atoms with Gasteiger partial charge in [0.2, 0.25) is 0 Å². The van der Waals surface area contributed by atoms with Crippen molar-refractivity contribution in [2.75, 3.05) is 23.8 Å². The van der Waals surface area contributed by atoms with Crippen LogP contribution >= 0.6 is 27.5 Å². The second kappa shape index (κ2) is 12.6. The number of ether oxygens (including phenoxy) is 2. The highest BCUT2D eigenvalue weighted by molar-refractivity contribution is 9.10. The van der Waals surface area contributed by atoms with E-state index in [0.717, 1.165) is 0 Å². The van der Waals surface area contributed by atoms with Gasteiger partial charge in [0.25, 0.3) is 11.8 Å². The third-order valence-electron chi connectivity index (χ3n) is 4.61. The van der Waals surface area contributed by atoms with E-state index in [-0.39, 0.29) is 23.8 Å². The van der Waals surface area contributed by atoms with Gasteiger partial charge < -0.3 is 25.2 Å². The van der Waals surface area contributed by atoms with Gasteiger partial charge in [-0.15, -0.1) is 0 Å². The lowest BCUT2D eigenvalue weighted by atomic mass is 10.1. The summed E-state index contributed by atoms with van der Waals surface area (Å²) in [5.74, 6) is -0.312. The molecule has 0 saturated carbocycles. The molecule has 8 nitrogen and oxygen atoms in total. The topological polar surface area (TPSA) is 121 Å². The molecule has 0 spiro atoms. The van der Waals surface area contributed by atoms with E-state index in [1.54, 1.807) is 43.3 Å². The van der Waals surface area contributed by atoms with Gasteiger partial charge >= 0.3 is 0 Å². The van der Waals surface area contributed by atoms with Gasteiger partial charge in [0, 0.05) is 16.4 Å². The molecule has 3 N–H and O–H groups in total. The molecule has 0 aromatic heterocycles. The molecule has 0 aliphatic rings. The first-order valence-electron chi connectivity index (χ1n) is 10.7. The largest absolute Gasteiger partial charge is 0.508 e. The Morgan fingerprint density at radius 3 is 2.33 bits per heavy atom. The molecule has 0 saturated heterocycles. The summed E-state index contributed by atoms with van der Waals surface area (Å²) >= 11 is 9.27. The van der Waals surface area contributed by atoms with Gasteiger partial charge in [0.05, 0.1) is 11.1 Å². The number of nitrogens with zero attached hydrogens (tertiary/aromatic N) is 1. The number of anilines is 2. The maximum Gasteiger partial charge on any atom is 0.266 e. The van der Waals surface area contributed by atoms with Crippen LogP contribution in [0.4, 0.5) is 11.4 Å². The van der Waals surface area contributed by atoms with Crippen LogP contribution < -0.4 is 20.1 Å². The zero-order valence-corrected chi connectivity index (χ0v) is 21.4. The van der Waals surface area contributed by atoms with Crippen LogP contribution in [-0.2, 0) is 9.59 Å². The summed E-state index contributed by atoms with van der Waals surface area (Å²) in [5, 5.41) is 24.8. The normalized spacial score (nSPS) is 10.8. The van der Waals surface area contributed by atoms with Gasteiger partial charge in [-0.1, -0.05) is 11.6 Å². The zero-order chi connectivity index (χ0) is 26.1. The fourth-order valence-electron chi connectivity index (χ4n) is 3.00. The lowest BCUT2D eigenvalue weighted by Crippen LogP contribution is -2.20. The van der Waals surface area contributed by atoms with Crippen molar-refractivity contribution >= 4 is 56.8 Å². The summed E-state index contributed by atoms with van der Waals surface area (Å²) < 4.78 is 11.8. The van der Waals surface area contributed by atoms with E-state index in [4.69, 9.17) is 21.1 Å². The van der Waals surface area contributed by atoms with Crippen molar-refractivity contribution in [3.05, 3.63) is 81.3 Å². The Balaban J connectivity index is 1.76. The zero-order valence-electron chi connectivity index (χ0n) is 19.0. The molecular formula is C26H21BrClN3O5. The number of aromatic hydroxyl groups is 1. The monoisotopic (exact) mass is 569 g/mol. The number of amides is 2. The number of carbonyl (C=O) groups excluding carboxylic acids is 2. The number of halogens is 2. The summed E-state index contributed by atoms with van der Waals surface area (Å²) in [5.41, 5.74) is 1.36. The van der Waals surface area contributed by atoms with Crippen molar-refractivity contribution in [1.82, 2.24) is 0 Å². The highest BCUT2D eigenvalue weighted by atomic mass is 79.9. The van der Waals surface area contributed by atoms with Crippen molar-refractivity contribution < 1.29 is 24.2 Å². The highest BCUT2D eigenvalue weighted by Crippen LogP contribution is 2.37. The first kappa shape index (κ1) is 26.6. The molecule has 0 unspecified atom stereocenters. The van der Waals surface area contributed by atoms with Gasteiger partial charge in [0.15, 0.2) is 18.1 Å². The minimum absolute atomic E-state index is 0.0575. The van der Waals surface area contributed by atoms with Crippen LogP contribution in [0.2, 0.25) is 5.02 Å². The minimum atomic E-state index is -0.614. The maximum atomic E-state index is 12.6. The molecule has 0 bridgehead atoms. The van der Waals surface area contributed by atoms with Crippen molar-refractivity contribution in [3.63, 3.8) is 0 Å². The number of phenolic OH excluding ortho intramolecular Hbond substituents is 1. The van der Waals surface area contributed by atoms with E-state index in [0.29, 0.717) is 44.5 Å². The van der Waals surface area contributed by atoms with E-state index in [2.05, 4.69) is 26.6 Å². The van der Waals surface area contributed by atoms with Gasteiger partial charge in [-0.25, -0.2) is 0 Å². The van der Waals surface area contributed by atoms with E-state index in [9.17, 15) is 20.0 Å². The predicted molar refractivity (Wildman–Crippen MR) is 141 cm³/mol. The smallest absolute Gasteiger partial charge is 0.266 e. The Hall–Kier alpha value is -4.00. The lowest BCUT2D eigenvalue weighted by molar-refractivity contribution is -0.118. The maximum absolute atomic E-state index is 12.6. The second-order valence-corrected chi connectivity index (χ2v) is 8.57. The number of hydrogen-bond donors (Lipinski definition) is 3. The summed E-state index contributed by atoms with van der Waals surface area (Å²) in [4.78, 5) is 24.9. The molecule has 184 valence electrons. The SMILES string of the molecule is CCOc1cc(/C=C(\C#N)C(=O)Nc2ccc(O)cc2)cc(Br)c1OCC(=O)Nc1ccc(Cl)cc1. The number of hydrogen-bond acceptors (Lipinski definition) is 6. The second-order valence-electron chi connectivity index (χ2n) is 7.28. The Bertz CT molecular complexity index is 1320. The Morgan fingerprint density at radius 2 is 1.69 bits per heavy atom. The quantitative estimate of drug-likeness (QED) is 0.171. The fourth-order valence-corrected chi connectivity index (χ4v) is 3.70. The standard InChI is InChI=1S/C26H21BrClN3O5/c1-2-35-23-13-16(11-17(14-29)26(34)31-20-7-9-21(32)10-8-20)12-22(27)25(23)36-15-24(33)30-19-5-3-18(28)4-6-19/h3-13,32H,2,15H2,1H3,(H,30,33)(H,31,34)/b17-11+. The van der Waals surface area contributed by atoms with E-state index in [1.807, 2.05) is 6.07 Å². The first-order valence-corrected chi connectivity index (χ1v) is 11.8. The van der Waals surface area contributed by atoms with Crippen molar-refractivity contribution in [2.45, 2.75) is 6.92 Å². The molecule has 0 fully saturated rings. The number of nitrogens with one attached hydrogen (secondary N) is 2. The molecule has 0 radical (unpaired) electrons. The molecule has 3 aromatic carbocycles. The van der Waals surface area contributed by atoms with Crippen LogP contribution in [-0.4, -0.2) is 30.1 Å². The van der Waals surface area contributed by atoms with E-state index >= 15 is 0 Å². The molecule has 0 aliphatic heterocycles. The molecule has 36 heavy (non-hydrogen) atoms. The van der Waals surface area contributed by atoms with Gasteiger partial charge in [-0.05, 0) is 95.2 Å². The number of benzene rings is 3. The van der Waals surface area contributed by atoms with Crippen LogP contribution in [0.3, 0.4) is 0 Å².